The maximum atomic E-state index is 12.3. The lowest BCUT2D eigenvalue weighted by atomic mass is 10.0. The van der Waals surface area contributed by atoms with Crippen LogP contribution >= 0.6 is 11.6 Å². The highest BCUT2D eigenvalue weighted by atomic mass is 35.5. The van der Waals surface area contributed by atoms with E-state index in [4.69, 9.17) is 22.1 Å². The van der Waals surface area contributed by atoms with Gasteiger partial charge in [-0.15, -0.1) is 0 Å². The zero-order valence-corrected chi connectivity index (χ0v) is 16.8. The number of urea groups is 1. The van der Waals surface area contributed by atoms with Gasteiger partial charge in [0.25, 0.3) is 5.91 Å². The van der Waals surface area contributed by atoms with Crippen molar-refractivity contribution < 1.29 is 19.1 Å². The number of esters is 1. The standard InChI is InChI=1S/C20H28ClN3O4/c1-13(19(26)23-16-6-4-2-3-5-7-16)28-18(25)12-17(24-20(22)27)14-8-10-15(21)11-9-14/h8-11,13,16-17H,2-7,12H2,1H3,(H,23,26)(H3,22,24,27)/t13-,17+/m0/s1. The van der Waals surface area contributed by atoms with E-state index in [9.17, 15) is 14.4 Å². The van der Waals surface area contributed by atoms with Crippen LogP contribution in [0.15, 0.2) is 24.3 Å². The van der Waals surface area contributed by atoms with E-state index in [0.29, 0.717) is 10.6 Å². The fourth-order valence-corrected chi connectivity index (χ4v) is 3.45. The summed E-state index contributed by atoms with van der Waals surface area (Å²) in [5.41, 5.74) is 5.87. The van der Waals surface area contributed by atoms with E-state index in [-0.39, 0.29) is 18.4 Å². The van der Waals surface area contributed by atoms with Gasteiger partial charge in [-0.05, 0) is 37.5 Å². The zero-order chi connectivity index (χ0) is 20.5. The lowest BCUT2D eigenvalue weighted by molar-refractivity contribution is -0.155. The largest absolute Gasteiger partial charge is 0.452 e. The molecule has 1 aromatic rings. The Bertz CT molecular complexity index is 673. The number of benzene rings is 1. The van der Waals surface area contributed by atoms with Gasteiger partial charge in [0.1, 0.15) is 0 Å². The van der Waals surface area contributed by atoms with Crippen LogP contribution in [0.5, 0.6) is 0 Å². The number of hydrogen-bond acceptors (Lipinski definition) is 4. The van der Waals surface area contributed by atoms with Crippen LogP contribution < -0.4 is 16.4 Å². The number of nitrogens with two attached hydrogens (primary N) is 1. The summed E-state index contributed by atoms with van der Waals surface area (Å²) in [6.45, 7) is 1.54. The SMILES string of the molecule is C[C@H](OC(=O)C[C@@H](NC(N)=O)c1ccc(Cl)cc1)C(=O)NC1CCCCCC1. The van der Waals surface area contributed by atoms with E-state index in [1.807, 2.05) is 0 Å². The molecule has 0 bridgehead atoms. The molecule has 2 atom stereocenters. The summed E-state index contributed by atoms with van der Waals surface area (Å²) in [4.78, 5) is 35.9. The normalized spacial score (nSPS) is 17.1. The molecule has 0 aromatic heterocycles. The highest BCUT2D eigenvalue weighted by molar-refractivity contribution is 6.30. The number of carbonyl (C=O) groups excluding carboxylic acids is 3. The zero-order valence-electron chi connectivity index (χ0n) is 16.1. The average molecular weight is 410 g/mol. The Morgan fingerprint density at radius 2 is 1.75 bits per heavy atom. The van der Waals surface area contributed by atoms with Crippen LogP contribution in [-0.2, 0) is 14.3 Å². The lowest BCUT2D eigenvalue weighted by Gasteiger charge is -2.21. The Hall–Kier alpha value is -2.28. The summed E-state index contributed by atoms with van der Waals surface area (Å²) in [6, 6.07) is 5.40. The number of rotatable bonds is 7. The summed E-state index contributed by atoms with van der Waals surface area (Å²) in [5, 5.41) is 6.02. The molecule has 1 fully saturated rings. The van der Waals surface area contributed by atoms with Crippen molar-refractivity contribution in [2.24, 2.45) is 5.73 Å². The van der Waals surface area contributed by atoms with Crippen molar-refractivity contribution in [3.05, 3.63) is 34.9 Å². The van der Waals surface area contributed by atoms with Gasteiger partial charge in [0.15, 0.2) is 6.10 Å². The summed E-state index contributed by atoms with van der Waals surface area (Å²) < 4.78 is 5.27. The van der Waals surface area contributed by atoms with E-state index >= 15 is 0 Å². The predicted molar refractivity (Wildman–Crippen MR) is 107 cm³/mol. The van der Waals surface area contributed by atoms with E-state index in [0.717, 1.165) is 25.7 Å². The number of hydrogen-bond donors (Lipinski definition) is 3. The molecule has 1 aliphatic rings. The minimum atomic E-state index is -0.907. The molecule has 0 spiro atoms. The van der Waals surface area contributed by atoms with Gasteiger partial charge < -0.3 is 21.1 Å². The van der Waals surface area contributed by atoms with Crippen molar-refractivity contribution in [1.29, 1.82) is 0 Å². The number of nitrogens with one attached hydrogen (secondary N) is 2. The van der Waals surface area contributed by atoms with Gasteiger partial charge >= 0.3 is 12.0 Å². The Morgan fingerprint density at radius 1 is 1.14 bits per heavy atom. The maximum absolute atomic E-state index is 12.3. The number of halogens is 1. The second-order valence-corrected chi connectivity index (χ2v) is 7.58. The molecule has 0 unspecified atom stereocenters. The molecule has 1 saturated carbocycles. The van der Waals surface area contributed by atoms with Crippen LogP contribution in [0, 0.1) is 0 Å². The van der Waals surface area contributed by atoms with Gasteiger partial charge in [0, 0.05) is 11.1 Å². The van der Waals surface area contributed by atoms with Crippen LogP contribution in [0.4, 0.5) is 4.79 Å². The molecule has 0 heterocycles. The van der Waals surface area contributed by atoms with Crippen LogP contribution in [0.2, 0.25) is 5.02 Å². The molecular formula is C20H28ClN3O4. The molecule has 7 nitrogen and oxygen atoms in total. The first-order valence-electron chi connectivity index (χ1n) is 9.66. The van der Waals surface area contributed by atoms with Crippen LogP contribution in [0.3, 0.4) is 0 Å². The fraction of sp³-hybridized carbons (Fsp3) is 0.550. The third-order valence-electron chi connectivity index (χ3n) is 4.84. The Balaban J connectivity index is 1.90. The summed E-state index contributed by atoms with van der Waals surface area (Å²) in [5.74, 6) is -0.900. The molecule has 0 saturated heterocycles. The van der Waals surface area contributed by atoms with Gasteiger partial charge in [-0.2, -0.15) is 0 Å². The van der Waals surface area contributed by atoms with Gasteiger partial charge in [-0.25, -0.2) is 4.79 Å². The van der Waals surface area contributed by atoms with E-state index in [2.05, 4.69) is 10.6 Å². The van der Waals surface area contributed by atoms with E-state index < -0.39 is 24.1 Å². The second-order valence-electron chi connectivity index (χ2n) is 7.15. The first-order valence-corrected chi connectivity index (χ1v) is 10.0. The Kier molecular flexibility index (Phi) is 8.57. The quantitative estimate of drug-likeness (QED) is 0.474. The summed E-state index contributed by atoms with van der Waals surface area (Å²) >= 11 is 5.87. The monoisotopic (exact) mass is 409 g/mol. The first kappa shape index (κ1) is 22.0. The molecule has 2 rings (SSSR count). The van der Waals surface area contributed by atoms with Gasteiger partial charge in [-0.3, -0.25) is 9.59 Å². The topological polar surface area (TPSA) is 111 Å². The van der Waals surface area contributed by atoms with Crippen LogP contribution in [0.25, 0.3) is 0 Å². The fourth-order valence-electron chi connectivity index (χ4n) is 3.33. The number of amides is 3. The minimum Gasteiger partial charge on any atom is -0.452 e. The van der Waals surface area contributed by atoms with Crippen molar-refractivity contribution in [2.45, 2.75) is 70.1 Å². The maximum Gasteiger partial charge on any atom is 0.312 e. The molecule has 8 heteroatoms. The highest BCUT2D eigenvalue weighted by Crippen LogP contribution is 2.21. The van der Waals surface area contributed by atoms with Crippen molar-refractivity contribution in [3.8, 4) is 0 Å². The predicted octanol–water partition coefficient (Wildman–Crippen LogP) is 3.21. The van der Waals surface area contributed by atoms with E-state index in [1.165, 1.54) is 12.8 Å². The molecular weight excluding hydrogens is 382 g/mol. The lowest BCUT2D eigenvalue weighted by Crippen LogP contribution is -2.42. The van der Waals surface area contributed by atoms with Crippen molar-refractivity contribution in [1.82, 2.24) is 10.6 Å². The second kappa shape index (κ2) is 10.9. The van der Waals surface area contributed by atoms with Crippen molar-refractivity contribution in [2.75, 3.05) is 0 Å². The van der Waals surface area contributed by atoms with Crippen LogP contribution in [-0.4, -0.2) is 30.1 Å². The minimum absolute atomic E-state index is 0.134. The van der Waals surface area contributed by atoms with Crippen LogP contribution in [0.1, 0.15) is 63.5 Å². The van der Waals surface area contributed by atoms with Crippen molar-refractivity contribution >= 4 is 29.5 Å². The number of carbonyl (C=O) groups is 3. The third kappa shape index (κ3) is 7.38. The Morgan fingerprint density at radius 3 is 2.32 bits per heavy atom. The number of primary amides is 1. The van der Waals surface area contributed by atoms with Crippen molar-refractivity contribution in [3.63, 3.8) is 0 Å². The molecule has 1 aromatic carbocycles. The molecule has 1 aliphatic carbocycles. The Labute approximate surface area is 170 Å². The molecule has 3 amide bonds. The van der Waals surface area contributed by atoms with Gasteiger partial charge in [-0.1, -0.05) is 49.4 Å². The molecule has 0 aliphatic heterocycles. The average Bonchev–Trinajstić information content (AvgIpc) is 2.90. The van der Waals surface area contributed by atoms with Gasteiger partial charge in [0.05, 0.1) is 12.5 Å². The molecule has 4 N–H and O–H groups in total. The first-order chi connectivity index (χ1) is 13.3. The smallest absolute Gasteiger partial charge is 0.312 e. The van der Waals surface area contributed by atoms with E-state index in [1.54, 1.807) is 31.2 Å². The number of ether oxygens (including phenoxy) is 1. The summed E-state index contributed by atoms with van der Waals surface area (Å²) in [6.07, 6.45) is 5.43. The summed E-state index contributed by atoms with van der Waals surface area (Å²) in [7, 11) is 0. The van der Waals surface area contributed by atoms with Gasteiger partial charge in [0.2, 0.25) is 0 Å². The molecule has 28 heavy (non-hydrogen) atoms. The highest BCUT2D eigenvalue weighted by Gasteiger charge is 2.24. The molecule has 154 valence electrons. The third-order valence-corrected chi connectivity index (χ3v) is 5.09. The molecule has 0 radical (unpaired) electrons.